The smallest absolute Gasteiger partial charge is 0.144 e. The van der Waals surface area contributed by atoms with Gasteiger partial charge in [-0.05, 0) is 30.0 Å². The molecular formula is C13H16N2OS. The van der Waals surface area contributed by atoms with Crippen LogP contribution in [0.1, 0.15) is 13.3 Å². The maximum absolute atomic E-state index is 6.06. The van der Waals surface area contributed by atoms with Crippen molar-refractivity contribution in [1.82, 2.24) is 0 Å². The highest BCUT2D eigenvalue weighted by atomic mass is 32.1. The summed E-state index contributed by atoms with van der Waals surface area (Å²) in [5.74, 6) is 0.743. The topological polar surface area (TPSA) is 47.3 Å². The van der Waals surface area contributed by atoms with Crippen molar-refractivity contribution in [1.29, 1.82) is 0 Å². The zero-order chi connectivity index (χ0) is 12.1. The Morgan fingerprint density at radius 1 is 1.35 bits per heavy atom. The number of ether oxygens (including phenoxy) is 1. The Balaban J connectivity index is 2.17. The molecule has 1 aromatic carbocycles. The first-order valence-electron chi connectivity index (χ1n) is 5.61. The molecule has 17 heavy (non-hydrogen) atoms. The maximum atomic E-state index is 6.06. The summed E-state index contributed by atoms with van der Waals surface area (Å²) in [6.45, 7) is 2.76. The van der Waals surface area contributed by atoms with E-state index in [4.69, 9.17) is 10.5 Å². The van der Waals surface area contributed by atoms with E-state index in [0.29, 0.717) is 12.3 Å². The van der Waals surface area contributed by atoms with Crippen LogP contribution in [0.25, 0.3) is 0 Å². The van der Waals surface area contributed by atoms with Crippen LogP contribution < -0.4 is 15.8 Å². The molecule has 2 rings (SSSR count). The molecule has 3 nitrogen and oxygen atoms in total. The summed E-state index contributed by atoms with van der Waals surface area (Å²) in [5, 5.41) is 7.34. The largest absolute Gasteiger partial charge is 0.491 e. The second-order valence-electron chi connectivity index (χ2n) is 3.70. The molecule has 0 spiro atoms. The third kappa shape index (κ3) is 2.91. The quantitative estimate of drug-likeness (QED) is 0.790. The van der Waals surface area contributed by atoms with Crippen LogP contribution in [0.4, 0.5) is 17.1 Å². The Morgan fingerprint density at radius 3 is 2.94 bits per heavy atom. The fourth-order valence-electron chi connectivity index (χ4n) is 1.48. The van der Waals surface area contributed by atoms with Gasteiger partial charge in [-0.3, -0.25) is 0 Å². The number of nitrogens with two attached hydrogens (primary N) is 1. The van der Waals surface area contributed by atoms with Crippen LogP contribution in [0.3, 0.4) is 0 Å². The minimum Gasteiger partial charge on any atom is -0.491 e. The number of benzene rings is 1. The molecule has 0 amide bonds. The van der Waals surface area contributed by atoms with Crippen LogP contribution in [0, 0.1) is 0 Å². The van der Waals surface area contributed by atoms with Gasteiger partial charge in [0.2, 0.25) is 0 Å². The second-order valence-corrected chi connectivity index (χ2v) is 4.48. The third-order valence-corrected chi connectivity index (χ3v) is 3.01. The summed E-state index contributed by atoms with van der Waals surface area (Å²) >= 11 is 1.65. The molecule has 0 saturated carbocycles. The lowest BCUT2D eigenvalue weighted by Crippen LogP contribution is -2.01. The summed E-state index contributed by atoms with van der Waals surface area (Å²) in [7, 11) is 0. The van der Waals surface area contributed by atoms with E-state index >= 15 is 0 Å². The maximum Gasteiger partial charge on any atom is 0.144 e. The van der Waals surface area contributed by atoms with E-state index < -0.39 is 0 Å². The molecule has 4 heteroatoms. The average molecular weight is 248 g/mol. The number of rotatable bonds is 5. The van der Waals surface area contributed by atoms with Crippen molar-refractivity contribution in [3.8, 4) is 5.75 Å². The molecular weight excluding hydrogens is 232 g/mol. The summed E-state index contributed by atoms with van der Waals surface area (Å²) in [6.07, 6.45) is 0.974. The average Bonchev–Trinajstić information content (AvgIpc) is 2.83. The lowest BCUT2D eigenvalue weighted by molar-refractivity contribution is 0.319. The lowest BCUT2D eigenvalue weighted by atomic mass is 10.2. The standard InChI is InChI=1S/C13H16N2OS/c1-2-7-16-12-5-3-4-11(13(12)14)15-10-6-8-17-9-10/h3-6,8-9,15H,2,7,14H2,1H3. The molecule has 0 atom stereocenters. The fraction of sp³-hybridized carbons (Fsp3) is 0.231. The van der Waals surface area contributed by atoms with Gasteiger partial charge in [0, 0.05) is 11.1 Å². The van der Waals surface area contributed by atoms with Gasteiger partial charge in [0.1, 0.15) is 5.75 Å². The summed E-state index contributed by atoms with van der Waals surface area (Å²) in [4.78, 5) is 0. The van der Waals surface area contributed by atoms with E-state index in [1.807, 2.05) is 35.0 Å². The molecule has 1 heterocycles. The molecule has 0 aliphatic rings. The van der Waals surface area contributed by atoms with E-state index in [2.05, 4.69) is 12.2 Å². The zero-order valence-corrected chi connectivity index (χ0v) is 10.6. The monoisotopic (exact) mass is 248 g/mol. The number of nitrogens with one attached hydrogen (secondary N) is 1. The van der Waals surface area contributed by atoms with Gasteiger partial charge in [-0.1, -0.05) is 13.0 Å². The van der Waals surface area contributed by atoms with Gasteiger partial charge in [0.25, 0.3) is 0 Å². The van der Waals surface area contributed by atoms with Gasteiger partial charge < -0.3 is 15.8 Å². The van der Waals surface area contributed by atoms with Gasteiger partial charge >= 0.3 is 0 Å². The first-order chi connectivity index (χ1) is 8.31. The molecule has 0 radical (unpaired) electrons. The highest BCUT2D eigenvalue weighted by molar-refractivity contribution is 7.08. The normalized spacial score (nSPS) is 10.2. The van der Waals surface area contributed by atoms with Crippen LogP contribution in [-0.2, 0) is 0 Å². The predicted molar refractivity (Wildman–Crippen MR) is 74.2 cm³/mol. The number of nitrogen functional groups attached to an aromatic ring is 1. The molecule has 0 saturated heterocycles. The minimum atomic E-state index is 0.659. The number of thiophene rings is 1. The first kappa shape index (κ1) is 11.8. The minimum absolute atomic E-state index is 0.659. The Kier molecular flexibility index (Phi) is 3.88. The molecule has 1 aromatic heterocycles. The van der Waals surface area contributed by atoms with Crippen molar-refractivity contribution in [3.63, 3.8) is 0 Å². The van der Waals surface area contributed by atoms with Crippen LogP contribution in [0.15, 0.2) is 35.0 Å². The van der Waals surface area contributed by atoms with Crippen LogP contribution in [0.2, 0.25) is 0 Å². The Bertz CT molecular complexity index is 468. The Hall–Kier alpha value is -1.68. The van der Waals surface area contributed by atoms with Crippen molar-refractivity contribution in [3.05, 3.63) is 35.0 Å². The lowest BCUT2D eigenvalue weighted by Gasteiger charge is -2.12. The van der Waals surface area contributed by atoms with Crippen LogP contribution >= 0.6 is 11.3 Å². The number of para-hydroxylation sites is 1. The van der Waals surface area contributed by atoms with Crippen LogP contribution in [-0.4, -0.2) is 6.61 Å². The third-order valence-electron chi connectivity index (χ3n) is 2.33. The SMILES string of the molecule is CCCOc1cccc(Nc2ccsc2)c1N. The molecule has 0 aliphatic heterocycles. The molecule has 0 fully saturated rings. The molecule has 0 bridgehead atoms. The van der Waals surface area contributed by atoms with Crippen LogP contribution in [0.5, 0.6) is 5.75 Å². The van der Waals surface area contributed by atoms with Gasteiger partial charge in [0.15, 0.2) is 0 Å². The number of hydrogen-bond donors (Lipinski definition) is 2. The summed E-state index contributed by atoms with van der Waals surface area (Å²) in [6, 6.07) is 7.80. The van der Waals surface area contributed by atoms with E-state index in [9.17, 15) is 0 Å². The highest BCUT2D eigenvalue weighted by Crippen LogP contribution is 2.32. The van der Waals surface area contributed by atoms with Gasteiger partial charge in [-0.25, -0.2) is 0 Å². The number of anilines is 3. The van der Waals surface area contributed by atoms with Crippen molar-refractivity contribution < 1.29 is 4.74 Å². The summed E-state index contributed by atoms with van der Waals surface area (Å²) in [5.41, 5.74) is 8.65. The fourth-order valence-corrected chi connectivity index (χ4v) is 2.07. The van der Waals surface area contributed by atoms with Crippen molar-refractivity contribution in [2.75, 3.05) is 17.7 Å². The van der Waals surface area contributed by atoms with E-state index in [-0.39, 0.29) is 0 Å². The van der Waals surface area contributed by atoms with E-state index in [1.54, 1.807) is 11.3 Å². The summed E-state index contributed by atoms with van der Waals surface area (Å²) < 4.78 is 5.58. The van der Waals surface area contributed by atoms with Crippen molar-refractivity contribution in [2.45, 2.75) is 13.3 Å². The highest BCUT2D eigenvalue weighted by Gasteiger charge is 2.06. The van der Waals surface area contributed by atoms with Crippen molar-refractivity contribution >= 4 is 28.4 Å². The van der Waals surface area contributed by atoms with Gasteiger partial charge in [-0.2, -0.15) is 11.3 Å². The zero-order valence-electron chi connectivity index (χ0n) is 9.77. The molecule has 0 unspecified atom stereocenters. The van der Waals surface area contributed by atoms with Gasteiger partial charge in [0.05, 0.1) is 18.0 Å². The van der Waals surface area contributed by atoms with E-state index in [0.717, 1.165) is 23.5 Å². The molecule has 2 aromatic rings. The van der Waals surface area contributed by atoms with Gasteiger partial charge in [-0.15, -0.1) is 0 Å². The molecule has 0 aliphatic carbocycles. The molecule has 90 valence electrons. The Morgan fingerprint density at radius 2 is 2.24 bits per heavy atom. The predicted octanol–water partition coefficient (Wildman–Crippen LogP) is 3.86. The van der Waals surface area contributed by atoms with E-state index in [1.165, 1.54) is 0 Å². The molecule has 3 N–H and O–H groups in total. The first-order valence-corrected chi connectivity index (χ1v) is 6.56. The second kappa shape index (κ2) is 5.59. The van der Waals surface area contributed by atoms with Crippen molar-refractivity contribution in [2.24, 2.45) is 0 Å². The Labute approximate surface area is 105 Å². The number of hydrogen-bond acceptors (Lipinski definition) is 4.